The Bertz CT molecular complexity index is 724. The molecule has 0 radical (unpaired) electrons. The third-order valence-corrected chi connectivity index (χ3v) is 6.41. The molecule has 0 aromatic heterocycles. The topological polar surface area (TPSA) is 102 Å². The predicted octanol–water partition coefficient (Wildman–Crippen LogP) is 0.277. The number of benzene rings is 1. The number of β-lactam (4-membered cyclic amide) rings is 1. The van der Waals surface area contributed by atoms with Gasteiger partial charge in [0.05, 0.1) is 7.11 Å². The fourth-order valence-electron chi connectivity index (χ4n) is 3.50. The zero-order valence-electron chi connectivity index (χ0n) is 15.0. The number of amides is 2. The van der Waals surface area contributed by atoms with Crippen molar-refractivity contribution in [3.8, 4) is 0 Å². The van der Waals surface area contributed by atoms with Crippen LogP contribution >= 0.6 is 11.8 Å². The van der Waals surface area contributed by atoms with E-state index in [-0.39, 0.29) is 17.2 Å². The first-order chi connectivity index (χ1) is 12.3. The molecule has 2 aliphatic rings. The van der Waals surface area contributed by atoms with Gasteiger partial charge in [-0.05, 0) is 19.4 Å². The number of hydrogen-bond donors (Lipinski definition) is 2. The van der Waals surface area contributed by atoms with Gasteiger partial charge in [0.1, 0.15) is 23.5 Å². The summed E-state index contributed by atoms with van der Waals surface area (Å²) in [6.45, 7) is 3.81. The molecular weight excluding hydrogens is 354 g/mol. The van der Waals surface area contributed by atoms with Crippen LogP contribution in [0.1, 0.15) is 19.4 Å². The molecule has 4 atom stereocenters. The summed E-state index contributed by atoms with van der Waals surface area (Å²) in [5.41, 5.74) is 6.75. The van der Waals surface area contributed by atoms with E-state index in [1.807, 2.05) is 44.2 Å². The molecule has 0 spiro atoms. The first-order valence-electron chi connectivity index (χ1n) is 8.44. The molecule has 2 aliphatic heterocycles. The van der Waals surface area contributed by atoms with Crippen LogP contribution in [-0.4, -0.2) is 58.0 Å². The number of hydrogen-bond acceptors (Lipinski definition) is 6. The first-order valence-corrected chi connectivity index (χ1v) is 9.32. The van der Waals surface area contributed by atoms with Gasteiger partial charge in [0.25, 0.3) is 0 Å². The fraction of sp³-hybridized carbons (Fsp3) is 0.500. The lowest BCUT2D eigenvalue weighted by molar-refractivity contribution is -0.153. The summed E-state index contributed by atoms with van der Waals surface area (Å²) in [4.78, 5) is 38.8. The van der Waals surface area contributed by atoms with E-state index in [1.165, 1.54) is 23.8 Å². The summed E-state index contributed by atoms with van der Waals surface area (Å²) >= 11 is 1.51. The van der Waals surface area contributed by atoms with Crippen molar-refractivity contribution in [2.45, 2.75) is 48.5 Å². The van der Waals surface area contributed by atoms with Crippen LogP contribution in [0, 0.1) is 0 Å². The Labute approximate surface area is 156 Å². The van der Waals surface area contributed by atoms with Gasteiger partial charge in [0.15, 0.2) is 0 Å². The highest BCUT2D eigenvalue weighted by Gasteiger charge is 2.62. The smallest absolute Gasteiger partial charge is 0.328 e. The molecule has 0 unspecified atom stereocenters. The molecule has 140 valence electrons. The van der Waals surface area contributed by atoms with Crippen molar-refractivity contribution in [1.82, 2.24) is 10.2 Å². The molecule has 26 heavy (non-hydrogen) atoms. The number of esters is 1. The molecule has 0 aliphatic carbocycles. The highest BCUT2D eigenvalue weighted by Crippen LogP contribution is 2.50. The largest absolute Gasteiger partial charge is 0.467 e. The summed E-state index contributed by atoms with van der Waals surface area (Å²) in [5.74, 6) is -1.11. The summed E-state index contributed by atoms with van der Waals surface area (Å²) in [6.07, 6.45) is 0.316. The molecule has 2 fully saturated rings. The number of thioether (sulfide) groups is 1. The summed E-state index contributed by atoms with van der Waals surface area (Å²) in [7, 11) is 1.29. The van der Waals surface area contributed by atoms with Crippen LogP contribution in [0.2, 0.25) is 0 Å². The van der Waals surface area contributed by atoms with Crippen molar-refractivity contribution < 1.29 is 19.1 Å². The Morgan fingerprint density at radius 3 is 2.62 bits per heavy atom. The lowest BCUT2D eigenvalue weighted by Gasteiger charge is -2.42. The van der Waals surface area contributed by atoms with Crippen LogP contribution < -0.4 is 11.1 Å². The highest BCUT2D eigenvalue weighted by molar-refractivity contribution is 8.01. The quantitative estimate of drug-likeness (QED) is 0.564. The molecule has 2 saturated heterocycles. The van der Waals surface area contributed by atoms with E-state index < -0.39 is 28.8 Å². The van der Waals surface area contributed by atoms with E-state index >= 15 is 0 Å². The monoisotopic (exact) mass is 377 g/mol. The van der Waals surface area contributed by atoms with Crippen LogP contribution in [0.3, 0.4) is 0 Å². The van der Waals surface area contributed by atoms with Crippen molar-refractivity contribution in [3.05, 3.63) is 35.9 Å². The van der Waals surface area contributed by atoms with Gasteiger partial charge in [-0.25, -0.2) is 4.79 Å². The molecule has 0 bridgehead atoms. The standard InChI is InChI=1S/C18H23N3O4S/c1-18(2)13(21-15(23)12(19)16(21)26-18)14(22)20-11(17(24)25-3)9-10-7-5-4-6-8-10/h4-8,11-13,16H,9,19H2,1-3H3,(H,20,22)/t11-,12+,13-,16+/m0/s1. The van der Waals surface area contributed by atoms with Crippen LogP contribution in [0.25, 0.3) is 0 Å². The lowest BCUT2D eigenvalue weighted by Crippen LogP contribution is -2.70. The van der Waals surface area contributed by atoms with Crippen molar-refractivity contribution in [3.63, 3.8) is 0 Å². The number of nitrogens with one attached hydrogen (secondary N) is 1. The number of rotatable bonds is 5. The Kier molecular flexibility index (Phi) is 4.98. The van der Waals surface area contributed by atoms with E-state index in [9.17, 15) is 14.4 Å². The summed E-state index contributed by atoms with van der Waals surface area (Å²) in [6, 6.07) is 7.31. The number of nitrogens with zero attached hydrogens (tertiary/aromatic N) is 1. The number of fused-ring (bicyclic) bond motifs is 1. The van der Waals surface area contributed by atoms with Gasteiger partial charge in [-0.2, -0.15) is 0 Å². The Morgan fingerprint density at radius 1 is 1.35 bits per heavy atom. The zero-order chi connectivity index (χ0) is 19.1. The van der Waals surface area contributed by atoms with Crippen molar-refractivity contribution in [2.75, 3.05) is 7.11 Å². The van der Waals surface area contributed by atoms with Gasteiger partial charge >= 0.3 is 5.97 Å². The van der Waals surface area contributed by atoms with E-state index in [0.29, 0.717) is 6.42 Å². The summed E-state index contributed by atoms with van der Waals surface area (Å²) in [5, 5.41) is 2.58. The van der Waals surface area contributed by atoms with Gasteiger partial charge in [0, 0.05) is 11.2 Å². The van der Waals surface area contributed by atoms with Crippen LogP contribution in [0.15, 0.2) is 30.3 Å². The second kappa shape index (κ2) is 6.92. The fourth-order valence-corrected chi connectivity index (χ4v) is 5.08. The SMILES string of the molecule is COC(=O)[C@H](Cc1ccccc1)NC(=O)[C@@H]1N2C(=O)[C@@H](N)[C@H]2SC1(C)C. The zero-order valence-corrected chi connectivity index (χ0v) is 15.8. The second-order valence-corrected chi connectivity index (χ2v) is 8.83. The molecule has 1 aromatic rings. The number of carbonyl (C=O) groups is 3. The molecule has 8 heteroatoms. The van der Waals surface area contributed by atoms with Gasteiger partial charge in [-0.15, -0.1) is 11.8 Å². The third-order valence-electron chi connectivity index (χ3n) is 4.82. The Balaban J connectivity index is 1.77. The maximum absolute atomic E-state index is 13.0. The van der Waals surface area contributed by atoms with Crippen molar-refractivity contribution >= 4 is 29.5 Å². The minimum atomic E-state index is -0.820. The minimum Gasteiger partial charge on any atom is -0.467 e. The number of methoxy groups -OCH3 is 1. The van der Waals surface area contributed by atoms with E-state index in [2.05, 4.69) is 5.32 Å². The number of carbonyl (C=O) groups excluding carboxylic acids is 3. The average Bonchev–Trinajstić information content (AvgIpc) is 2.89. The normalized spacial score (nSPS) is 27.3. The van der Waals surface area contributed by atoms with Gasteiger partial charge in [-0.1, -0.05) is 30.3 Å². The molecular formula is C18H23N3O4S. The molecule has 3 N–H and O–H groups in total. The summed E-state index contributed by atoms with van der Waals surface area (Å²) < 4.78 is 4.35. The van der Waals surface area contributed by atoms with Gasteiger partial charge in [0.2, 0.25) is 11.8 Å². The number of nitrogens with two attached hydrogens (primary N) is 1. The third kappa shape index (κ3) is 3.19. The van der Waals surface area contributed by atoms with Gasteiger partial charge in [-0.3, -0.25) is 9.59 Å². The molecule has 0 saturated carbocycles. The molecule has 7 nitrogen and oxygen atoms in total. The van der Waals surface area contributed by atoms with Crippen LogP contribution in [0.5, 0.6) is 0 Å². The van der Waals surface area contributed by atoms with Crippen molar-refractivity contribution in [2.24, 2.45) is 5.73 Å². The lowest BCUT2D eigenvalue weighted by atomic mass is 9.95. The maximum Gasteiger partial charge on any atom is 0.328 e. The minimum absolute atomic E-state index is 0.195. The Hall–Kier alpha value is -2.06. The molecule has 2 heterocycles. The first kappa shape index (κ1) is 18.7. The maximum atomic E-state index is 13.0. The van der Waals surface area contributed by atoms with E-state index in [4.69, 9.17) is 10.5 Å². The second-order valence-electron chi connectivity index (χ2n) is 7.06. The number of ether oxygens (including phenoxy) is 1. The van der Waals surface area contributed by atoms with E-state index in [0.717, 1.165) is 5.56 Å². The Morgan fingerprint density at radius 2 is 2.00 bits per heavy atom. The molecule has 1 aromatic carbocycles. The molecule has 2 amide bonds. The highest BCUT2D eigenvalue weighted by atomic mass is 32.2. The molecule has 3 rings (SSSR count). The van der Waals surface area contributed by atoms with E-state index in [1.54, 1.807) is 0 Å². The van der Waals surface area contributed by atoms with Crippen LogP contribution in [0.4, 0.5) is 0 Å². The van der Waals surface area contributed by atoms with Gasteiger partial charge < -0.3 is 20.7 Å². The predicted molar refractivity (Wildman–Crippen MR) is 98.2 cm³/mol. The van der Waals surface area contributed by atoms with Crippen LogP contribution in [-0.2, 0) is 25.5 Å². The average molecular weight is 377 g/mol. The van der Waals surface area contributed by atoms with Crippen molar-refractivity contribution in [1.29, 1.82) is 0 Å².